The molecule has 2 amide bonds. The van der Waals surface area contributed by atoms with Gasteiger partial charge in [-0.3, -0.25) is 9.59 Å². The summed E-state index contributed by atoms with van der Waals surface area (Å²) in [4.78, 5) is 28.2. The first-order valence-corrected chi connectivity index (χ1v) is 9.95. The Labute approximate surface area is 154 Å². The Bertz CT molecular complexity index is 709. The van der Waals surface area contributed by atoms with E-state index in [1.165, 1.54) is 16.2 Å². The molecule has 0 saturated heterocycles. The van der Waals surface area contributed by atoms with Gasteiger partial charge in [0.05, 0.1) is 0 Å². The van der Waals surface area contributed by atoms with Gasteiger partial charge >= 0.3 is 0 Å². The summed E-state index contributed by atoms with van der Waals surface area (Å²) in [5.74, 6) is -0.457. The summed E-state index contributed by atoms with van der Waals surface area (Å²) in [5, 5.41) is 10.5. The molecule has 0 aromatic carbocycles. The van der Waals surface area contributed by atoms with Crippen molar-refractivity contribution in [2.24, 2.45) is 0 Å². The van der Waals surface area contributed by atoms with Crippen LogP contribution in [0, 0.1) is 0 Å². The molecule has 2 aromatic rings. The maximum absolute atomic E-state index is 13.0. The van der Waals surface area contributed by atoms with E-state index in [4.69, 9.17) is 0 Å². The van der Waals surface area contributed by atoms with Crippen LogP contribution < -0.4 is 5.32 Å². The van der Waals surface area contributed by atoms with Crippen LogP contribution in [0.3, 0.4) is 0 Å². The van der Waals surface area contributed by atoms with Gasteiger partial charge in [0.1, 0.15) is 6.04 Å². The lowest BCUT2D eigenvalue weighted by Crippen LogP contribution is -2.46. The number of nitrogens with zero attached hydrogens (tertiary/aromatic N) is 3. The Hall–Kier alpha value is -2.06. The van der Waals surface area contributed by atoms with Crippen molar-refractivity contribution in [2.75, 3.05) is 6.54 Å². The number of carbonyl (C=O) groups excluding carboxylic acids is 2. The van der Waals surface area contributed by atoms with Crippen molar-refractivity contribution < 1.29 is 9.59 Å². The van der Waals surface area contributed by atoms with Gasteiger partial charge in [-0.2, -0.15) is 0 Å². The quantitative estimate of drug-likeness (QED) is 0.754. The van der Waals surface area contributed by atoms with Crippen molar-refractivity contribution in [1.29, 1.82) is 0 Å². The van der Waals surface area contributed by atoms with Crippen molar-refractivity contribution >= 4 is 34.7 Å². The van der Waals surface area contributed by atoms with Gasteiger partial charge < -0.3 is 10.2 Å². The molecule has 2 aromatic heterocycles. The van der Waals surface area contributed by atoms with E-state index in [0.29, 0.717) is 0 Å². The molecule has 6 nitrogen and oxygen atoms in total. The molecule has 0 bridgehead atoms. The van der Waals surface area contributed by atoms with Gasteiger partial charge in [0.25, 0.3) is 5.91 Å². The molecule has 0 unspecified atom stereocenters. The van der Waals surface area contributed by atoms with E-state index < -0.39 is 6.04 Å². The number of aromatic nitrogens is 2. The first kappa shape index (κ1) is 17.8. The molecule has 1 saturated carbocycles. The molecule has 1 aliphatic carbocycles. The van der Waals surface area contributed by atoms with Crippen molar-refractivity contribution in [3.63, 3.8) is 0 Å². The van der Waals surface area contributed by atoms with Crippen LogP contribution in [0.2, 0.25) is 0 Å². The molecule has 132 valence electrons. The van der Waals surface area contributed by atoms with E-state index in [1.807, 2.05) is 17.5 Å². The molecule has 0 radical (unpaired) electrons. The Morgan fingerprint density at radius 1 is 1.44 bits per heavy atom. The molecule has 1 atom stereocenters. The van der Waals surface area contributed by atoms with Crippen molar-refractivity contribution in [3.8, 4) is 0 Å². The number of amides is 2. The second-order valence-electron chi connectivity index (χ2n) is 5.94. The molecule has 0 aliphatic heterocycles. The van der Waals surface area contributed by atoms with Gasteiger partial charge in [0.2, 0.25) is 5.91 Å². The van der Waals surface area contributed by atoms with E-state index >= 15 is 0 Å². The SMILES string of the molecule is C=CCN(C(=O)c1csnn1)[C@@H](C(=O)NC1CCCC1)c1cccs1. The molecule has 25 heavy (non-hydrogen) atoms. The summed E-state index contributed by atoms with van der Waals surface area (Å²) in [6, 6.07) is 3.27. The lowest BCUT2D eigenvalue weighted by molar-refractivity contribution is -0.126. The van der Waals surface area contributed by atoms with Gasteiger partial charge in [-0.05, 0) is 35.8 Å². The molecule has 8 heteroatoms. The van der Waals surface area contributed by atoms with Gasteiger partial charge in [-0.25, -0.2) is 0 Å². The summed E-state index contributed by atoms with van der Waals surface area (Å²) in [5.41, 5.74) is 0.252. The summed E-state index contributed by atoms with van der Waals surface area (Å²) >= 11 is 2.58. The van der Waals surface area contributed by atoms with Crippen LogP contribution in [0.15, 0.2) is 35.5 Å². The fourth-order valence-corrected chi connectivity index (χ4v) is 4.34. The summed E-state index contributed by atoms with van der Waals surface area (Å²) in [6.45, 7) is 4.00. The largest absolute Gasteiger partial charge is 0.351 e. The predicted molar refractivity (Wildman–Crippen MR) is 98.6 cm³/mol. The van der Waals surface area contributed by atoms with Crippen LogP contribution >= 0.6 is 22.9 Å². The number of thiophene rings is 1. The van der Waals surface area contributed by atoms with Crippen LogP contribution in [-0.2, 0) is 4.79 Å². The van der Waals surface area contributed by atoms with Crippen LogP contribution in [0.25, 0.3) is 0 Å². The zero-order valence-electron chi connectivity index (χ0n) is 13.8. The van der Waals surface area contributed by atoms with Crippen LogP contribution in [0.4, 0.5) is 0 Å². The molecular formula is C17H20N4O2S2. The van der Waals surface area contributed by atoms with E-state index in [9.17, 15) is 9.59 Å². The Morgan fingerprint density at radius 2 is 2.24 bits per heavy atom. The van der Waals surface area contributed by atoms with E-state index in [-0.39, 0.29) is 30.1 Å². The standard InChI is InChI=1S/C17H20N4O2S2/c1-2-9-21(17(23)13-11-25-20-19-13)15(14-8-5-10-24-14)16(22)18-12-6-3-4-7-12/h2,5,8,10-12,15H,1,3-4,6-7,9H2,(H,18,22)/t15-/m1/s1. The Balaban J connectivity index is 1.88. The first-order valence-electron chi connectivity index (χ1n) is 8.23. The summed E-state index contributed by atoms with van der Waals surface area (Å²) in [7, 11) is 0. The number of rotatable bonds is 7. The lowest BCUT2D eigenvalue weighted by Gasteiger charge is -2.29. The monoisotopic (exact) mass is 376 g/mol. The van der Waals surface area contributed by atoms with Gasteiger partial charge in [0.15, 0.2) is 5.69 Å². The van der Waals surface area contributed by atoms with Crippen LogP contribution in [0.5, 0.6) is 0 Å². The zero-order valence-corrected chi connectivity index (χ0v) is 15.4. The molecule has 1 fully saturated rings. The van der Waals surface area contributed by atoms with E-state index in [0.717, 1.165) is 42.1 Å². The van der Waals surface area contributed by atoms with Crippen molar-refractivity contribution in [3.05, 3.63) is 46.1 Å². The second-order valence-corrected chi connectivity index (χ2v) is 7.53. The van der Waals surface area contributed by atoms with Crippen LogP contribution in [-0.4, -0.2) is 38.9 Å². The third-order valence-electron chi connectivity index (χ3n) is 4.24. The number of hydrogen-bond donors (Lipinski definition) is 1. The predicted octanol–water partition coefficient (Wildman–Crippen LogP) is 3.03. The normalized spacial score (nSPS) is 15.7. The number of carbonyl (C=O) groups is 2. The second kappa shape index (κ2) is 8.35. The van der Waals surface area contributed by atoms with Crippen molar-refractivity contribution in [1.82, 2.24) is 19.8 Å². The Kier molecular flexibility index (Phi) is 5.93. The summed E-state index contributed by atoms with van der Waals surface area (Å²) < 4.78 is 3.76. The molecule has 1 N–H and O–H groups in total. The highest BCUT2D eigenvalue weighted by Gasteiger charge is 2.34. The van der Waals surface area contributed by atoms with Gasteiger partial charge in [-0.1, -0.05) is 29.5 Å². The van der Waals surface area contributed by atoms with E-state index in [1.54, 1.807) is 11.5 Å². The van der Waals surface area contributed by atoms with Crippen LogP contribution in [0.1, 0.15) is 47.1 Å². The molecular weight excluding hydrogens is 356 g/mol. The minimum absolute atomic E-state index is 0.146. The minimum atomic E-state index is -0.687. The van der Waals surface area contributed by atoms with Crippen molar-refractivity contribution in [2.45, 2.75) is 37.8 Å². The zero-order chi connectivity index (χ0) is 17.6. The lowest BCUT2D eigenvalue weighted by atomic mass is 10.1. The first-order chi connectivity index (χ1) is 12.2. The topological polar surface area (TPSA) is 75.2 Å². The highest BCUT2D eigenvalue weighted by molar-refractivity contribution is 7.10. The average molecular weight is 377 g/mol. The highest BCUT2D eigenvalue weighted by atomic mass is 32.1. The fourth-order valence-electron chi connectivity index (χ4n) is 3.07. The summed E-state index contributed by atoms with van der Waals surface area (Å²) in [6.07, 6.45) is 5.88. The fraction of sp³-hybridized carbons (Fsp3) is 0.412. The minimum Gasteiger partial charge on any atom is -0.351 e. The maximum atomic E-state index is 13.0. The van der Waals surface area contributed by atoms with Gasteiger partial charge in [-0.15, -0.1) is 23.0 Å². The molecule has 0 spiro atoms. The maximum Gasteiger partial charge on any atom is 0.276 e. The number of hydrogen-bond acceptors (Lipinski definition) is 6. The third kappa shape index (κ3) is 4.13. The van der Waals surface area contributed by atoms with E-state index in [2.05, 4.69) is 21.5 Å². The highest BCUT2D eigenvalue weighted by Crippen LogP contribution is 2.28. The Morgan fingerprint density at radius 3 is 2.84 bits per heavy atom. The average Bonchev–Trinajstić information content (AvgIpc) is 3.36. The molecule has 2 heterocycles. The smallest absolute Gasteiger partial charge is 0.276 e. The third-order valence-corrected chi connectivity index (χ3v) is 5.67. The molecule has 3 rings (SSSR count). The number of nitrogens with one attached hydrogen (secondary N) is 1. The van der Waals surface area contributed by atoms with Gasteiger partial charge in [0, 0.05) is 22.8 Å². The molecule has 1 aliphatic rings.